The molecular formula is C42H41N5O8. The molecule has 2 aliphatic rings. The smallest absolute Gasteiger partial charge is 0.408 e. The van der Waals surface area contributed by atoms with Gasteiger partial charge in [-0.3, -0.25) is 5.41 Å². The zero-order valence-electron chi connectivity index (χ0n) is 30.3. The van der Waals surface area contributed by atoms with Crippen molar-refractivity contribution >= 4 is 35.0 Å². The molecule has 0 saturated heterocycles. The van der Waals surface area contributed by atoms with E-state index in [0.29, 0.717) is 41.9 Å². The number of amides is 2. The minimum Gasteiger partial charge on any atom is -0.457 e. The Hall–Kier alpha value is -6.50. The normalized spacial score (nSPS) is 15.8. The average Bonchev–Trinajstić information content (AvgIpc) is 3.57. The number of carbonyl (C=O) groups excluding carboxylic acids is 4. The molecule has 13 heteroatoms. The molecule has 0 radical (unpaired) electrons. The molecule has 2 amide bonds. The molecule has 0 unspecified atom stereocenters. The van der Waals surface area contributed by atoms with Gasteiger partial charge in [-0.15, -0.1) is 0 Å². The topological polar surface area (TPSA) is 171 Å². The van der Waals surface area contributed by atoms with E-state index in [1.54, 1.807) is 25.1 Å². The first kappa shape index (κ1) is 36.8. The third-order valence-corrected chi connectivity index (χ3v) is 9.90. The van der Waals surface area contributed by atoms with Gasteiger partial charge in [0, 0.05) is 28.6 Å². The lowest BCUT2D eigenvalue weighted by Gasteiger charge is -2.37. The summed E-state index contributed by atoms with van der Waals surface area (Å²) in [5.74, 6) is -1.64. The van der Waals surface area contributed by atoms with E-state index >= 15 is 0 Å². The fourth-order valence-corrected chi connectivity index (χ4v) is 6.96. The summed E-state index contributed by atoms with van der Waals surface area (Å²) in [6, 6.07) is 28.8. The standard InChI is InChI=1S/C42H41N5O8/c1-2-42(32-22-35-36-30(21-29-17-9-10-18-33(29)45-36)23-47(35)37(43)31(32)26-52-39(42)49)55-38(48)34(46-41(51)54-25-28-15-7-4-8-16-28)19-11-12-20-44-40(50)53-24-27-13-5-3-6-14-27/h3-10,13-18,21-22,34,43H,2,11-12,19-20,23-26H2,1H3,(H,44,50)(H,46,51)/t34-,42-/m0/s1. The van der Waals surface area contributed by atoms with Crippen LogP contribution in [0.4, 0.5) is 9.59 Å². The first-order valence-electron chi connectivity index (χ1n) is 18.3. The lowest BCUT2D eigenvalue weighted by Crippen LogP contribution is -2.51. The summed E-state index contributed by atoms with van der Waals surface area (Å²) >= 11 is 0. The van der Waals surface area contributed by atoms with Gasteiger partial charge in [0.05, 0.1) is 23.4 Å². The van der Waals surface area contributed by atoms with Gasteiger partial charge >= 0.3 is 24.1 Å². The Bertz CT molecular complexity index is 2290. The second-order valence-electron chi connectivity index (χ2n) is 13.5. The van der Waals surface area contributed by atoms with Crippen molar-refractivity contribution < 1.29 is 38.1 Å². The molecule has 4 heterocycles. The summed E-state index contributed by atoms with van der Waals surface area (Å²) in [5, 5.41) is 15.5. The van der Waals surface area contributed by atoms with E-state index in [4.69, 9.17) is 23.9 Å². The van der Waals surface area contributed by atoms with Crippen LogP contribution in [-0.4, -0.2) is 46.3 Å². The first-order valence-corrected chi connectivity index (χ1v) is 18.3. The fourth-order valence-electron chi connectivity index (χ4n) is 6.96. The molecule has 3 N–H and O–H groups in total. The Morgan fingerprint density at radius 2 is 1.58 bits per heavy atom. The van der Waals surface area contributed by atoms with Crippen LogP contribution in [0.3, 0.4) is 0 Å². The van der Waals surface area contributed by atoms with Crippen molar-refractivity contribution in [2.24, 2.45) is 0 Å². The maximum absolute atomic E-state index is 14.1. The summed E-state index contributed by atoms with van der Waals surface area (Å²) < 4.78 is 24.3. The van der Waals surface area contributed by atoms with Crippen LogP contribution in [-0.2, 0) is 60.5 Å². The van der Waals surface area contributed by atoms with Gasteiger partial charge in [0.1, 0.15) is 31.4 Å². The van der Waals surface area contributed by atoms with Crippen molar-refractivity contribution in [2.45, 2.75) is 70.6 Å². The summed E-state index contributed by atoms with van der Waals surface area (Å²) in [6.07, 6.45) is -0.479. The summed E-state index contributed by atoms with van der Waals surface area (Å²) in [5.41, 5.74) is 3.65. The van der Waals surface area contributed by atoms with Crippen LogP contribution in [0.2, 0.25) is 0 Å². The predicted molar refractivity (Wildman–Crippen MR) is 200 cm³/mol. The number of alkyl carbamates (subject to hydrolysis) is 2. The van der Waals surface area contributed by atoms with Crippen molar-refractivity contribution in [2.75, 3.05) is 6.54 Å². The minimum absolute atomic E-state index is 0.00561. The zero-order valence-corrected chi connectivity index (χ0v) is 30.3. The second-order valence-corrected chi connectivity index (χ2v) is 13.5. The monoisotopic (exact) mass is 743 g/mol. The van der Waals surface area contributed by atoms with Crippen LogP contribution < -0.4 is 16.1 Å². The van der Waals surface area contributed by atoms with Crippen LogP contribution >= 0.6 is 0 Å². The number of esters is 2. The van der Waals surface area contributed by atoms with Gasteiger partial charge in [-0.25, -0.2) is 24.2 Å². The third kappa shape index (κ3) is 7.91. The van der Waals surface area contributed by atoms with Gasteiger partial charge < -0.3 is 34.1 Å². The predicted octanol–water partition coefficient (Wildman–Crippen LogP) is 6.14. The molecule has 0 saturated carbocycles. The Balaban J connectivity index is 1.09. The number of rotatable bonds is 13. The second kappa shape index (κ2) is 16.3. The van der Waals surface area contributed by atoms with E-state index in [1.807, 2.05) is 83.4 Å². The van der Waals surface area contributed by atoms with E-state index in [-0.39, 0.29) is 44.7 Å². The fraction of sp³-hybridized carbons (Fsp3) is 0.286. The Kier molecular flexibility index (Phi) is 10.9. The number of carbonyl (C=O) groups is 4. The Labute approximate surface area is 317 Å². The van der Waals surface area contributed by atoms with Crippen molar-refractivity contribution in [3.05, 3.63) is 130 Å². The van der Waals surface area contributed by atoms with Crippen molar-refractivity contribution in [3.8, 4) is 11.4 Å². The van der Waals surface area contributed by atoms with Gasteiger partial charge in [0.25, 0.3) is 0 Å². The SMILES string of the molecule is CC[C@@]1(OC(=O)[C@H](CCCCNC(=O)OCc2ccccc2)NC(=O)OCc2ccccc2)C(=O)OCc2c1cc1n(c2=N)Cc2cc3ccccc3nc2-1. The lowest BCUT2D eigenvalue weighted by molar-refractivity contribution is -0.190. The number of nitrogens with one attached hydrogen (secondary N) is 3. The molecule has 5 aromatic rings. The highest BCUT2D eigenvalue weighted by Gasteiger charge is 2.51. The van der Waals surface area contributed by atoms with Gasteiger partial charge in [-0.05, 0) is 55.0 Å². The number of nitrogens with zero attached hydrogens (tertiary/aromatic N) is 2. The third-order valence-electron chi connectivity index (χ3n) is 9.90. The maximum atomic E-state index is 14.1. The molecule has 282 valence electrons. The number of pyridine rings is 2. The number of aromatic nitrogens is 2. The number of benzene rings is 3. The summed E-state index contributed by atoms with van der Waals surface area (Å²) in [4.78, 5) is 58.1. The number of cyclic esters (lactones) is 1. The minimum atomic E-state index is -1.90. The van der Waals surface area contributed by atoms with E-state index in [2.05, 4.69) is 10.6 Å². The summed E-state index contributed by atoms with van der Waals surface area (Å²) in [6.45, 7) is 2.31. The van der Waals surface area contributed by atoms with Crippen molar-refractivity contribution in [1.82, 2.24) is 20.2 Å². The van der Waals surface area contributed by atoms with E-state index in [0.717, 1.165) is 27.6 Å². The van der Waals surface area contributed by atoms with Gasteiger partial charge in [0.15, 0.2) is 0 Å². The molecule has 13 nitrogen and oxygen atoms in total. The number of para-hydroxylation sites is 1. The number of hydrogen-bond donors (Lipinski definition) is 3. The quantitative estimate of drug-likeness (QED) is 0.0714. The van der Waals surface area contributed by atoms with Gasteiger partial charge in [0.2, 0.25) is 5.60 Å². The molecular weight excluding hydrogens is 702 g/mol. The molecule has 2 aromatic heterocycles. The molecule has 7 rings (SSSR count). The van der Waals surface area contributed by atoms with Crippen LogP contribution in [0.25, 0.3) is 22.3 Å². The van der Waals surface area contributed by atoms with E-state index in [9.17, 15) is 24.6 Å². The summed E-state index contributed by atoms with van der Waals surface area (Å²) in [7, 11) is 0. The number of unbranched alkanes of at least 4 members (excludes halogenated alkanes) is 1. The largest absolute Gasteiger partial charge is 0.457 e. The van der Waals surface area contributed by atoms with Crippen molar-refractivity contribution in [3.63, 3.8) is 0 Å². The highest BCUT2D eigenvalue weighted by atomic mass is 16.6. The molecule has 55 heavy (non-hydrogen) atoms. The molecule has 0 fully saturated rings. The maximum Gasteiger partial charge on any atom is 0.408 e. The van der Waals surface area contributed by atoms with Crippen LogP contribution in [0, 0.1) is 5.41 Å². The molecule has 0 bridgehead atoms. The molecule has 0 aliphatic carbocycles. The first-order chi connectivity index (χ1) is 26.8. The Morgan fingerprint density at radius 3 is 2.29 bits per heavy atom. The van der Waals surface area contributed by atoms with Crippen LogP contribution in [0.5, 0.6) is 0 Å². The van der Waals surface area contributed by atoms with Gasteiger partial charge in [-0.2, -0.15) is 0 Å². The molecule has 2 atom stereocenters. The highest BCUT2D eigenvalue weighted by Crippen LogP contribution is 2.41. The van der Waals surface area contributed by atoms with E-state index < -0.39 is 35.8 Å². The average molecular weight is 744 g/mol. The molecule has 2 aliphatic heterocycles. The highest BCUT2D eigenvalue weighted by molar-refractivity contribution is 5.90. The lowest BCUT2D eigenvalue weighted by atomic mass is 9.85. The molecule has 3 aromatic carbocycles. The van der Waals surface area contributed by atoms with Gasteiger partial charge in [-0.1, -0.05) is 85.8 Å². The van der Waals surface area contributed by atoms with Crippen LogP contribution in [0.1, 0.15) is 60.4 Å². The number of fused-ring (bicyclic) bond motifs is 5. The number of ether oxygens (including phenoxy) is 4. The van der Waals surface area contributed by atoms with E-state index in [1.165, 1.54) is 0 Å². The number of hydrogen-bond acceptors (Lipinski definition) is 10. The molecule has 0 spiro atoms. The van der Waals surface area contributed by atoms with Crippen LogP contribution in [0.15, 0.2) is 97.1 Å². The van der Waals surface area contributed by atoms with Crippen molar-refractivity contribution in [1.29, 1.82) is 5.41 Å². The Morgan fingerprint density at radius 1 is 0.909 bits per heavy atom. The zero-order chi connectivity index (χ0) is 38.4.